The van der Waals surface area contributed by atoms with E-state index in [0.29, 0.717) is 18.7 Å². The lowest BCUT2D eigenvalue weighted by Gasteiger charge is -2.17. The average Bonchev–Trinajstić information content (AvgIpc) is 2.77. The second-order valence-corrected chi connectivity index (χ2v) is 7.19. The van der Waals surface area contributed by atoms with E-state index >= 15 is 0 Å². The number of amides is 1. The average molecular weight is 424 g/mol. The van der Waals surface area contributed by atoms with Crippen LogP contribution in [0.15, 0.2) is 65.5 Å². The summed E-state index contributed by atoms with van der Waals surface area (Å²) in [6.07, 6.45) is -0.351. The first-order valence-corrected chi connectivity index (χ1v) is 9.94. The summed E-state index contributed by atoms with van der Waals surface area (Å²) in [6, 6.07) is 16.0. The first kappa shape index (κ1) is 22.0. The number of rotatable bonds is 8. The largest absolute Gasteiger partial charge is 0.463 e. The van der Waals surface area contributed by atoms with Crippen LogP contribution in [0, 0.1) is 5.82 Å². The number of aromatic nitrogens is 2. The van der Waals surface area contributed by atoms with Gasteiger partial charge in [-0.25, -0.2) is 4.39 Å². The van der Waals surface area contributed by atoms with Gasteiger partial charge in [-0.05, 0) is 48.4 Å². The Bertz CT molecular complexity index is 1080. The van der Waals surface area contributed by atoms with Crippen LogP contribution in [0.4, 0.5) is 10.1 Å². The predicted octanol–water partition coefficient (Wildman–Crippen LogP) is 2.91. The third-order valence-corrected chi connectivity index (χ3v) is 4.69. The molecule has 0 bridgehead atoms. The minimum atomic E-state index is -0.771. The Hall–Kier alpha value is -3.68. The molecule has 0 aliphatic rings. The van der Waals surface area contributed by atoms with Gasteiger partial charge in [-0.2, -0.15) is 4.68 Å². The van der Waals surface area contributed by atoms with Crippen LogP contribution in [0.25, 0.3) is 5.69 Å². The van der Waals surface area contributed by atoms with Gasteiger partial charge in [-0.1, -0.05) is 19.1 Å². The van der Waals surface area contributed by atoms with E-state index in [4.69, 9.17) is 4.74 Å². The molecular formula is C23H25FN4O3. The van der Waals surface area contributed by atoms with E-state index in [1.165, 1.54) is 36.4 Å². The van der Waals surface area contributed by atoms with Crippen molar-refractivity contribution in [1.82, 2.24) is 15.1 Å². The summed E-state index contributed by atoms with van der Waals surface area (Å²) < 4.78 is 20.0. The van der Waals surface area contributed by atoms with Crippen molar-refractivity contribution in [3.8, 4) is 11.6 Å². The van der Waals surface area contributed by atoms with Crippen molar-refractivity contribution in [3.63, 3.8) is 0 Å². The van der Waals surface area contributed by atoms with Gasteiger partial charge < -0.3 is 15.0 Å². The topological polar surface area (TPSA) is 76.5 Å². The van der Waals surface area contributed by atoms with Crippen LogP contribution >= 0.6 is 0 Å². The third kappa shape index (κ3) is 5.69. The van der Waals surface area contributed by atoms with Gasteiger partial charge in [0.05, 0.1) is 5.69 Å². The second-order valence-electron chi connectivity index (χ2n) is 7.19. The molecule has 0 radical (unpaired) electrons. The Morgan fingerprint density at radius 2 is 1.77 bits per heavy atom. The highest BCUT2D eigenvalue weighted by Gasteiger charge is 2.19. The molecule has 1 N–H and O–H groups in total. The minimum Gasteiger partial charge on any atom is -0.463 e. The maximum absolute atomic E-state index is 13.2. The molecule has 1 atom stereocenters. The summed E-state index contributed by atoms with van der Waals surface area (Å²) in [5.74, 6) is -0.565. The number of benzene rings is 2. The first-order chi connectivity index (χ1) is 14.9. The highest BCUT2D eigenvalue weighted by Crippen LogP contribution is 2.13. The highest BCUT2D eigenvalue weighted by atomic mass is 19.1. The third-order valence-electron chi connectivity index (χ3n) is 4.69. The Morgan fingerprint density at radius 3 is 2.39 bits per heavy atom. The minimum absolute atomic E-state index is 0.126. The van der Waals surface area contributed by atoms with Gasteiger partial charge in [0.1, 0.15) is 5.82 Å². The van der Waals surface area contributed by atoms with E-state index in [-0.39, 0.29) is 11.8 Å². The fourth-order valence-corrected chi connectivity index (χ4v) is 2.91. The van der Waals surface area contributed by atoms with Crippen molar-refractivity contribution >= 4 is 11.6 Å². The number of anilines is 1. The van der Waals surface area contributed by atoms with Crippen LogP contribution in [0.2, 0.25) is 0 Å². The summed E-state index contributed by atoms with van der Waals surface area (Å²) in [5.41, 5.74) is 2.05. The first-order valence-electron chi connectivity index (χ1n) is 9.94. The molecule has 7 nitrogen and oxygen atoms in total. The van der Waals surface area contributed by atoms with Crippen LogP contribution in [-0.4, -0.2) is 35.9 Å². The van der Waals surface area contributed by atoms with Crippen LogP contribution in [0.3, 0.4) is 0 Å². The quantitative estimate of drug-likeness (QED) is 0.602. The second kappa shape index (κ2) is 9.88. The molecule has 1 aromatic heterocycles. The zero-order chi connectivity index (χ0) is 22.4. The Morgan fingerprint density at radius 1 is 1.10 bits per heavy atom. The number of ether oxygens (including phenoxy) is 1. The fraction of sp³-hybridized carbons (Fsp3) is 0.261. The molecule has 8 heteroatoms. The molecule has 31 heavy (non-hydrogen) atoms. The van der Waals surface area contributed by atoms with Crippen molar-refractivity contribution in [2.45, 2.75) is 26.0 Å². The van der Waals surface area contributed by atoms with E-state index in [0.717, 1.165) is 15.9 Å². The Labute approximate surface area is 180 Å². The van der Waals surface area contributed by atoms with Crippen LogP contribution in [0.1, 0.15) is 18.9 Å². The summed E-state index contributed by atoms with van der Waals surface area (Å²) in [5, 5.41) is 7.03. The van der Waals surface area contributed by atoms with E-state index in [9.17, 15) is 14.0 Å². The molecule has 1 heterocycles. The van der Waals surface area contributed by atoms with Crippen molar-refractivity contribution < 1.29 is 13.9 Å². The van der Waals surface area contributed by atoms with E-state index in [1.54, 1.807) is 0 Å². The number of halogens is 1. The number of hydrogen-bond acceptors (Lipinski definition) is 5. The molecule has 1 unspecified atom stereocenters. The molecule has 3 rings (SSSR count). The lowest BCUT2D eigenvalue weighted by molar-refractivity contribution is -0.128. The van der Waals surface area contributed by atoms with Gasteiger partial charge in [-0.15, -0.1) is 5.10 Å². The summed E-state index contributed by atoms with van der Waals surface area (Å²) in [4.78, 5) is 26.7. The van der Waals surface area contributed by atoms with Gasteiger partial charge in [0.25, 0.3) is 11.5 Å². The predicted molar refractivity (Wildman–Crippen MR) is 117 cm³/mol. The zero-order valence-electron chi connectivity index (χ0n) is 17.7. The highest BCUT2D eigenvalue weighted by molar-refractivity contribution is 5.81. The maximum atomic E-state index is 13.2. The number of nitrogens with zero attached hydrogens (tertiary/aromatic N) is 3. The zero-order valence-corrected chi connectivity index (χ0v) is 17.7. The molecule has 0 saturated carbocycles. The van der Waals surface area contributed by atoms with E-state index in [1.807, 2.05) is 50.2 Å². The van der Waals surface area contributed by atoms with Gasteiger partial charge in [0.2, 0.25) is 5.88 Å². The molecular weight excluding hydrogens is 399 g/mol. The molecule has 3 aromatic rings. The molecule has 0 aliphatic heterocycles. The number of carbonyl (C=O) groups excluding carboxylic acids is 1. The SMILES string of the molecule is CCC(Oc1ccc(=O)n(-c2ccc(F)cc2)n1)C(=O)NCc1ccc(N(C)C)cc1. The molecule has 0 aliphatic carbocycles. The smallest absolute Gasteiger partial charge is 0.271 e. The normalized spacial score (nSPS) is 11.6. The number of nitrogens with one attached hydrogen (secondary N) is 1. The molecule has 1 amide bonds. The van der Waals surface area contributed by atoms with Gasteiger partial charge in [0, 0.05) is 38.5 Å². The van der Waals surface area contributed by atoms with Gasteiger partial charge >= 0.3 is 0 Å². The van der Waals surface area contributed by atoms with Gasteiger partial charge in [-0.3, -0.25) is 9.59 Å². The van der Waals surface area contributed by atoms with Crippen molar-refractivity contribution in [2.24, 2.45) is 0 Å². The van der Waals surface area contributed by atoms with Crippen molar-refractivity contribution in [3.05, 3.63) is 82.4 Å². The van der Waals surface area contributed by atoms with Crippen LogP contribution in [-0.2, 0) is 11.3 Å². The summed E-state index contributed by atoms with van der Waals surface area (Å²) in [7, 11) is 3.93. The monoisotopic (exact) mass is 424 g/mol. The standard InChI is InChI=1S/C23H25FN4O3/c1-4-20(23(30)25-15-16-5-9-18(10-6-16)27(2)3)31-21-13-14-22(29)28(26-21)19-11-7-17(24)8-12-19/h5-14,20H,4,15H2,1-3H3,(H,25,30). The lowest BCUT2D eigenvalue weighted by Crippen LogP contribution is -2.38. The van der Waals surface area contributed by atoms with Crippen molar-refractivity contribution in [2.75, 3.05) is 19.0 Å². The molecule has 0 saturated heterocycles. The fourth-order valence-electron chi connectivity index (χ4n) is 2.91. The van der Waals surface area contributed by atoms with Crippen molar-refractivity contribution in [1.29, 1.82) is 0 Å². The van der Waals surface area contributed by atoms with Crippen LogP contribution < -0.4 is 20.5 Å². The summed E-state index contributed by atoms with van der Waals surface area (Å²) in [6.45, 7) is 2.20. The number of hydrogen-bond donors (Lipinski definition) is 1. The van der Waals surface area contributed by atoms with E-state index in [2.05, 4.69) is 10.4 Å². The van der Waals surface area contributed by atoms with Gasteiger partial charge in [0.15, 0.2) is 6.10 Å². The number of carbonyl (C=O) groups is 1. The lowest BCUT2D eigenvalue weighted by atomic mass is 10.2. The maximum Gasteiger partial charge on any atom is 0.271 e. The Kier molecular flexibility index (Phi) is 7.02. The Balaban J connectivity index is 1.67. The molecule has 0 spiro atoms. The van der Waals surface area contributed by atoms with Crippen LogP contribution in [0.5, 0.6) is 5.88 Å². The molecule has 2 aromatic carbocycles. The molecule has 162 valence electrons. The summed E-state index contributed by atoms with van der Waals surface area (Å²) >= 11 is 0. The molecule has 0 fully saturated rings. The van der Waals surface area contributed by atoms with E-state index < -0.39 is 17.5 Å².